The van der Waals surface area contributed by atoms with Crippen LogP contribution in [-0.2, 0) is 19.4 Å². The van der Waals surface area contributed by atoms with Crippen LogP contribution in [0.4, 0.5) is 0 Å². The molecule has 1 aromatic heterocycles. The molecular formula is C14H19N3. The predicted molar refractivity (Wildman–Crippen MR) is 70.7 cm³/mol. The van der Waals surface area contributed by atoms with E-state index >= 15 is 0 Å². The van der Waals surface area contributed by atoms with Crippen molar-refractivity contribution in [3.05, 3.63) is 41.2 Å². The second-order valence-corrected chi connectivity index (χ2v) is 4.12. The third-order valence-corrected chi connectivity index (χ3v) is 2.99. The van der Waals surface area contributed by atoms with Crippen LogP contribution in [0.5, 0.6) is 0 Å². The van der Waals surface area contributed by atoms with Gasteiger partial charge in [-0.15, -0.1) is 0 Å². The van der Waals surface area contributed by atoms with Crippen LogP contribution < -0.4 is 5.73 Å². The molecular weight excluding hydrogens is 210 g/mol. The van der Waals surface area contributed by atoms with Crippen LogP contribution in [0.25, 0.3) is 11.4 Å². The maximum atomic E-state index is 5.65. The minimum Gasteiger partial charge on any atom is -0.342 e. The smallest absolute Gasteiger partial charge is 0.137 e. The molecule has 90 valence electrons. The Balaban J connectivity index is 2.41. The molecule has 0 spiro atoms. The molecule has 17 heavy (non-hydrogen) atoms. The van der Waals surface area contributed by atoms with E-state index in [9.17, 15) is 0 Å². The summed E-state index contributed by atoms with van der Waals surface area (Å²) in [5.74, 6) is 0.953. The summed E-state index contributed by atoms with van der Waals surface area (Å²) in [5, 5.41) is 0. The summed E-state index contributed by atoms with van der Waals surface area (Å²) < 4.78 is 0. The summed E-state index contributed by atoms with van der Waals surface area (Å²) in [7, 11) is 0. The number of aromatic nitrogens is 2. The van der Waals surface area contributed by atoms with Crippen molar-refractivity contribution < 1.29 is 0 Å². The molecule has 0 fully saturated rings. The molecule has 2 rings (SSSR count). The number of hydrogen-bond acceptors (Lipinski definition) is 2. The molecule has 1 heterocycles. The molecule has 3 heteroatoms. The Morgan fingerprint density at radius 1 is 1.24 bits per heavy atom. The van der Waals surface area contributed by atoms with Crippen molar-refractivity contribution in [1.82, 2.24) is 9.97 Å². The third kappa shape index (κ3) is 2.39. The Morgan fingerprint density at radius 2 is 2.06 bits per heavy atom. The van der Waals surface area contributed by atoms with E-state index in [4.69, 9.17) is 5.73 Å². The van der Waals surface area contributed by atoms with Gasteiger partial charge in [0.25, 0.3) is 0 Å². The molecule has 2 aromatic rings. The maximum absolute atomic E-state index is 5.65. The number of aromatic amines is 1. The van der Waals surface area contributed by atoms with Crippen molar-refractivity contribution in [3.8, 4) is 11.4 Å². The van der Waals surface area contributed by atoms with E-state index in [0.717, 1.165) is 29.8 Å². The minimum absolute atomic E-state index is 0.565. The lowest BCUT2D eigenvalue weighted by molar-refractivity contribution is 0.979. The molecule has 1 aromatic carbocycles. The number of nitrogens with one attached hydrogen (secondary N) is 1. The van der Waals surface area contributed by atoms with Crippen LogP contribution in [0, 0.1) is 0 Å². The molecule has 0 saturated carbocycles. The molecule has 3 N–H and O–H groups in total. The highest BCUT2D eigenvalue weighted by Gasteiger charge is 2.08. The number of hydrogen-bond donors (Lipinski definition) is 2. The summed E-state index contributed by atoms with van der Waals surface area (Å²) in [5.41, 5.74) is 10.3. The van der Waals surface area contributed by atoms with Gasteiger partial charge in [-0.3, -0.25) is 0 Å². The number of benzene rings is 1. The molecule has 0 aliphatic heterocycles. The minimum atomic E-state index is 0.565. The lowest BCUT2D eigenvalue weighted by Crippen LogP contribution is -1.96. The second-order valence-electron chi connectivity index (χ2n) is 4.12. The Hall–Kier alpha value is -1.61. The van der Waals surface area contributed by atoms with Crippen LogP contribution in [0.15, 0.2) is 24.3 Å². The normalized spacial score (nSPS) is 10.8. The van der Waals surface area contributed by atoms with Crippen molar-refractivity contribution in [1.29, 1.82) is 0 Å². The van der Waals surface area contributed by atoms with Crippen molar-refractivity contribution in [2.24, 2.45) is 5.73 Å². The van der Waals surface area contributed by atoms with Crippen LogP contribution in [0.1, 0.15) is 30.8 Å². The van der Waals surface area contributed by atoms with Gasteiger partial charge in [0.05, 0.1) is 5.69 Å². The maximum Gasteiger partial charge on any atom is 0.137 e. The van der Waals surface area contributed by atoms with Gasteiger partial charge in [-0.05, 0) is 24.5 Å². The topological polar surface area (TPSA) is 54.7 Å². The second kappa shape index (κ2) is 5.15. The SMILES string of the molecule is CCc1nc(-c2cccc(CN)c2)[nH]c1CC. The predicted octanol–water partition coefficient (Wildman–Crippen LogP) is 2.66. The number of nitrogens with zero attached hydrogens (tertiary/aromatic N) is 1. The van der Waals surface area contributed by atoms with Crippen LogP contribution in [0.2, 0.25) is 0 Å². The first-order valence-electron chi connectivity index (χ1n) is 6.15. The number of nitrogens with two attached hydrogens (primary N) is 1. The van der Waals surface area contributed by atoms with E-state index in [0.29, 0.717) is 6.54 Å². The van der Waals surface area contributed by atoms with E-state index in [2.05, 4.69) is 35.9 Å². The highest BCUT2D eigenvalue weighted by molar-refractivity contribution is 5.57. The van der Waals surface area contributed by atoms with Gasteiger partial charge < -0.3 is 10.7 Å². The molecule has 0 saturated heterocycles. The molecule has 0 unspecified atom stereocenters. The van der Waals surface area contributed by atoms with Crippen molar-refractivity contribution in [2.75, 3.05) is 0 Å². The summed E-state index contributed by atoms with van der Waals surface area (Å²) >= 11 is 0. The van der Waals surface area contributed by atoms with Gasteiger partial charge in [-0.1, -0.05) is 32.0 Å². The lowest BCUT2D eigenvalue weighted by atomic mass is 10.1. The number of rotatable bonds is 4. The van der Waals surface area contributed by atoms with Gasteiger partial charge in [0.1, 0.15) is 5.82 Å². The summed E-state index contributed by atoms with van der Waals surface area (Å²) in [4.78, 5) is 8.05. The number of H-pyrrole nitrogens is 1. The fourth-order valence-electron chi connectivity index (χ4n) is 2.01. The Morgan fingerprint density at radius 3 is 2.65 bits per heavy atom. The highest BCUT2D eigenvalue weighted by Crippen LogP contribution is 2.20. The van der Waals surface area contributed by atoms with Crippen LogP contribution in [-0.4, -0.2) is 9.97 Å². The Bertz CT molecular complexity index is 478. The van der Waals surface area contributed by atoms with E-state index < -0.39 is 0 Å². The van der Waals surface area contributed by atoms with E-state index in [1.54, 1.807) is 0 Å². The van der Waals surface area contributed by atoms with E-state index in [-0.39, 0.29) is 0 Å². The summed E-state index contributed by atoms with van der Waals surface area (Å²) in [6, 6.07) is 8.22. The molecule has 0 bridgehead atoms. The van der Waals surface area contributed by atoms with Crippen molar-refractivity contribution >= 4 is 0 Å². The molecule has 0 amide bonds. The average molecular weight is 229 g/mol. The van der Waals surface area contributed by atoms with Gasteiger partial charge in [-0.2, -0.15) is 0 Å². The first kappa shape index (κ1) is 11.9. The van der Waals surface area contributed by atoms with Crippen molar-refractivity contribution in [3.63, 3.8) is 0 Å². The zero-order valence-corrected chi connectivity index (χ0v) is 10.5. The molecule has 0 radical (unpaired) electrons. The Kier molecular flexibility index (Phi) is 3.59. The Labute approximate surface area is 102 Å². The van der Waals surface area contributed by atoms with Crippen LogP contribution in [0.3, 0.4) is 0 Å². The standard InChI is InChI=1S/C14H19N3/c1-3-12-13(4-2)17-14(16-12)11-7-5-6-10(8-11)9-15/h5-8H,3-4,9,15H2,1-2H3,(H,16,17). The van der Waals surface area contributed by atoms with Gasteiger partial charge in [0.15, 0.2) is 0 Å². The first-order valence-corrected chi connectivity index (χ1v) is 6.15. The lowest BCUT2D eigenvalue weighted by Gasteiger charge is -2.00. The molecule has 0 atom stereocenters. The molecule has 3 nitrogen and oxygen atoms in total. The number of imidazole rings is 1. The van der Waals surface area contributed by atoms with Gasteiger partial charge >= 0.3 is 0 Å². The monoisotopic (exact) mass is 229 g/mol. The number of aryl methyl sites for hydroxylation is 2. The summed E-state index contributed by atoms with van der Waals surface area (Å²) in [6.45, 7) is 4.85. The zero-order chi connectivity index (χ0) is 12.3. The van der Waals surface area contributed by atoms with E-state index in [1.165, 1.54) is 11.4 Å². The van der Waals surface area contributed by atoms with Gasteiger partial charge in [0.2, 0.25) is 0 Å². The zero-order valence-electron chi connectivity index (χ0n) is 10.5. The van der Waals surface area contributed by atoms with Gasteiger partial charge in [-0.25, -0.2) is 4.98 Å². The average Bonchev–Trinajstić information content (AvgIpc) is 2.82. The molecule has 0 aliphatic rings. The van der Waals surface area contributed by atoms with Crippen LogP contribution >= 0.6 is 0 Å². The fraction of sp³-hybridized carbons (Fsp3) is 0.357. The first-order chi connectivity index (χ1) is 8.28. The van der Waals surface area contributed by atoms with Gasteiger partial charge in [0, 0.05) is 17.8 Å². The molecule has 0 aliphatic carbocycles. The van der Waals surface area contributed by atoms with E-state index in [1.807, 2.05) is 12.1 Å². The quantitative estimate of drug-likeness (QED) is 0.846. The fourth-order valence-corrected chi connectivity index (χ4v) is 2.01. The summed E-state index contributed by atoms with van der Waals surface area (Å²) in [6.07, 6.45) is 1.96. The largest absolute Gasteiger partial charge is 0.342 e. The van der Waals surface area contributed by atoms with Crippen molar-refractivity contribution in [2.45, 2.75) is 33.2 Å². The highest BCUT2D eigenvalue weighted by atomic mass is 14.9. The third-order valence-electron chi connectivity index (χ3n) is 2.99.